The minimum Gasteiger partial charge on any atom is -0.481 e. The monoisotopic (exact) mass is 508 g/mol. The van der Waals surface area contributed by atoms with Crippen molar-refractivity contribution in [3.63, 3.8) is 0 Å². The van der Waals surface area contributed by atoms with Gasteiger partial charge in [0.2, 0.25) is 0 Å². The number of allylic oxidation sites excluding steroid dienone is 2. The second-order valence-electron chi connectivity index (χ2n) is 11.6. The van der Waals surface area contributed by atoms with Crippen molar-refractivity contribution in [1.29, 1.82) is 0 Å². The summed E-state index contributed by atoms with van der Waals surface area (Å²) in [6.07, 6.45) is 34.0. The topological polar surface area (TPSA) is 40.5 Å². The molecule has 0 radical (unpaired) electrons. The summed E-state index contributed by atoms with van der Waals surface area (Å²) in [6, 6.07) is 0. The van der Waals surface area contributed by atoms with Crippen LogP contribution >= 0.6 is 0 Å². The molecule has 3 nitrogen and oxygen atoms in total. The SMILES string of the molecule is CCCCCCCCC=CCCCCCCCC(CCCCCCCCC)C(CCN(C)C)C(=O)O. The van der Waals surface area contributed by atoms with E-state index in [0.29, 0.717) is 5.92 Å². The van der Waals surface area contributed by atoms with E-state index >= 15 is 0 Å². The summed E-state index contributed by atoms with van der Waals surface area (Å²) in [7, 11) is 4.10. The van der Waals surface area contributed by atoms with Crippen molar-refractivity contribution in [2.45, 2.75) is 162 Å². The Morgan fingerprint density at radius 3 is 1.39 bits per heavy atom. The number of carboxylic acid groups (broad SMARTS) is 1. The number of aliphatic carboxylic acids is 1. The Labute approximate surface area is 226 Å². The quantitative estimate of drug-likeness (QED) is 0.0845. The molecule has 0 bridgehead atoms. The lowest BCUT2D eigenvalue weighted by Gasteiger charge is -2.25. The zero-order valence-electron chi connectivity index (χ0n) is 25.1. The van der Waals surface area contributed by atoms with E-state index in [1.807, 2.05) is 14.1 Å². The van der Waals surface area contributed by atoms with Crippen LogP contribution in [-0.2, 0) is 4.79 Å². The van der Waals surface area contributed by atoms with Crippen molar-refractivity contribution in [3.8, 4) is 0 Å². The van der Waals surface area contributed by atoms with Gasteiger partial charge in [0.15, 0.2) is 0 Å². The molecule has 0 aromatic heterocycles. The van der Waals surface area contributed by atoms with Crippen LogP contribution in [0.2, 0.25) is 0 Å². The molecule has 0 aromatic carbocycles. The maximum atomic E-state index is 12.1. The van der Waals surface area contributed by atoms with Crippen LogP contribution in [0.15, 0.2) is 12.2 Å². The normalized spacial score (nSPS) is 13.6. The van der Waals surface area contributed by atoms with Crippen molar-refractivity contribution >= 4 is 5.97 Å². The van der Waals surface area contributed by atoms with Gasteiger partial charge >= 0.3 is 5.97 Å². The molecule has 0 amide bonds. The van der Waals surface area contributed by atoms with E-state index in [1.54, 1.807) is 0 Å². The highest BCUT2D eigenvalue weighted by atomic mass is 16.4. The minimum atomic E-state index is -0.572. The predicted molar refractivity (Wildman–Crippen MR) is 160 cm³/mol. The van der Waals surface area contributed by atoms with Gasteiger partial charge in [0.1, 0.15) is 0 Å². The zero-order valence-corrected chi connectivity index (χ0v) is 25.1. The van der Waals surface area contributed by atoms with Crippen LogP contribution in [0.1, 0.15) is 162 Å². The molecule has 2 atom stereocenters. The van der Waals surface area contributed by atoms with Crippen LogP contribution in [0.5, 0.6) is 0 Å². The summed E-state index contributed by atoms with van der Waals surface area (Å²) in [6.45, 7) is 5.41. The van der Waals surface area contributed by atoms with E-state index < -0.39 is 5.97 Å². The maximum absolute atomic E-state index is 12.1. The van der Waals surface area contributed by atoms with E-state index in [9.17, 15) is 9.90 Å². The Hall–Kier alpha value is -0.830. The Morgan fingerprint density at radius 1 is 0.611 bits per heavy atom. The molecule has 0 rings (SSSR count). The molecule has 0 saturated heterocycles. The molecule has 0 spiro atoms. The second-order valence-corrected chi connectivity index (χ2v) is 11.6. The average molecular weight is 508 g/mol. The molecule has 1 N–H and O–H groups in total. The number of hydrogen-bond donors (Lipinski definition) is 1. The van der Waals surface area contributed by atoms with Crippen LogP contribution < -0.4 is 0 Å². The molecular formula is C33H65NO2. The first-order chi connectivity index (χ1) is 17.5. The third-order valence-electron chi connectivity index (χ3n) is 7.79. The summed E-state index contributed by atoms with van der Waals surface area (Å²) in [4.78, 5) is 14.2. The number of hydrogen-bond acceptors (Lipinski definition) is 2. The second kappa shape index (κ2) is 27.2. The third kappa shape index (κ3) is 23.6. The standard InChI is InChI=1S/C33H65NO2/c1-5-7-9-11-13-14-15-16-17-18-19-20-22-24-26-28-31(27-25-23-21-12-10-8-6-2)32(33(35)36)29-30-34(3)4/h16-17,31-32H,5-15,18-30H2,1-4H3,(H,35,36). The predicted octanol–water partition coefficient (Wildman–Crippen LogP) is 10.4. The fourth-order valence-electron chi connectivity index (χ4n) is 5.35. The minimum absolute atomic E-state index is 0.177. The molecule has 0 saturated carbocycles. The highest BCUT2D eigenvalue weighted by molar-refractivity contribution is 5.70. The van der Waals surface area contributed by atoms with E-state index in [1.165, 1.54) is 128 Å². The van der Waals surface area contributed by atoms with Gasteiger partial charge in [0.05, 0.1) is 5.92 Å². The van der Waals surface area contributed by atoms with E-state index in [-0.39, 0.29) is 5.92 Å². The molecular weight excluding hydrogens is 442 g/mol. The number of carboxylic acids is 1. The summed E-state index contributed by atoms with van der Waals surface area (Å²) in [5.41, 5.74) is 0. The van der Waals surface area contributed by atoms with Gasteiger partial charge < -0.3 is 10.0 Å². The Balaban J connectivity index is 4.12. The fraction of sp³-hybridized carbons (Fsp3) is 0.909. The first-order valence-corrected chi connectivity index (χ1v) is 16.0. The van der Waals surface area contributed by atoms with Crippen molar-refractivity contribution in [3.05, 3.63) is 12.2 Å². The molecule has 0 aliphatic rings. The smallest absolute Gasteiger partial charge is 0.306 e. The molecule has 0 aromatic rings. The lowest BCUT2D eigenvalue weighted by molar-refractivity contribution is -0.144. The van der Waals surface area contributed by atoms with E-state index in [0.717, 1.165) is 25.8 Å². The zero-order chi connectivity index (χ0) is 26.7. The summed E-state index contributed by atoms with van der Waals surface area (Å²) in [5.74, 6) is -0.398. The van der Waals surface area contributed by atoms with Gasteiger partial charge in [-0.2, -0.15) is 0 Å². The van der Waals surface area contributed by atoms with Gasteiger partial charge in [-0.25, -0.2) is 0 Å². The third-order valence-corrected chi connectivity index (χ3v) is 7.79. The molecule has 3 heteroatoms. The van der Waals surface area contributed by atoms with Crippen LogP contribution in [0, 0.1) is 11.8 Å². The molecule has 214 valence electrons. The molecule has 0 aliphatic heterocycles. The number of rotatable bonds is 28. The van der Waals surface area contributed by atoms with E-state index in [2.05, 4.69) is 30.9 Å². The largest absolute Gasteiger partial charge is 0.481 e. The first kappa shape index (κ1) is 35.2. The molecule has 36 heavy (non-hydrogen) atoms. The Kier molecular flexibility index (Phi) is 26.6. The number of nitrogens with zero attached hydrogens (tertiary/aromatic N) is 1. The molecule has 0 heterocycles. The summed E-state index contributed by atoms with van der Waals surface area (Å²) < 4.78 is 0. The molecule has 0 fully saturated rings. The Bertz CT molecular complexity index is 488. The molecule has 2 unspecified atom stereocenters. The van der Waals surface area contributed by atoms with Crippen molar-refractivity contribution in [1.82, 2.24) is 4.90 Å². The van der Waals surface area contributed by atoms with Gasteiger partial charge in [-0.3, -0.25) is 4.79 Å². The lowest BCUT2D eigenvalue weighted by atomic mass is 9.81. The van der Waals surface area contributed by atoms with Gasteiger partial charge in [-0.05, 0) is 71.5 Å². The number of unbranched alkanes of at least 4 members (excludes halogenated alkanes) is 17. The van der Waals surface area contributed by atoms with Crippen LogP contribution in [0.3, 0.4) is 0 Å². The fourth-order valence-corrected chi connectivity index (χ4v) is 5.35. The highest BCUT2D eigenvalue weighted by Crippen LogP contribution is 2.29. The first-order valence-electron chi connectivity index (χ1n) is 16.0. The van der Waals surface area contributed by atoms with Gasteiger partial charge in [0, 0.05) is 0 Å². The summed E-state index contributed by atoms with van der Waals surface area (Å²) in [5, 5.41) is 9.96. The van der Waals surface area contributed by atoms with Crippen LogP contribution in [0.25, 0.3) is 0 Å². The van der Waals surface area contributed by atoms with Crippen LogP contribution in [0.4, 0.5) is 0 Å². The highest BCUT2D eigenvalue weighted by Gasteiger charge is 2.27. The summed E-state index contributed by atoms with van der Waals surface area (Å²) >= 11 is 0. The van der Waals surface area contributed by atoms with Gasteiger partial charge in [-0.1, -0.05) is 129 Å². The Morgan fingerprint density at radius 2 is 1.00 bits per heavy atom. The number of carbonyl (C=O) groups is 1. The average Bonchev–Trinajstić information content (AvgIpc) is 2.85. The van der Waals surface area contributed by atoms with Gasteiger partial charge in [0.25, 0.3) is 0 Å². The van der Waals surface area contributed by atoms with Crippen molar-refractivity contribution < 1.29 is 9.90 Å². The van der Waals surface area contributed by atoms with E-state index in [4.69, 9.17) is 0 Å². The van der Waals surface area contributed by atoms with Gasteiger partial charge in [-0.15, -0.1) is 0 Å². The lowest BCUT2D eigenvalue weighted by Crippen LogP contribution is -2.28. The molecule has 0 aliphatic carbocycles. The van der Waals surface area contributed by atoms with Crippen molar-refractivity contribution in [2.24, 2.45) is 11.8 Å². The van der Waals surface area contributed by atoms with Crippen LogP contribution in [-0.4, -0.2) is 36.6 Å². The maximum Gasteiger partial charge on any atom is 0.306 e. The van der Waals surface area contributed by atoms with Crippen molar-refractivity contribution in [2.75, 3.05) is 20.6 Å².